The largest absolute Gasteiger partial charge is 0.361 e. The van der Waals surface area contributed by atoms with Crippen molar-refractivity contribution < 1.29 is 4.79 Å². The molecule has 0 aliphatic carbocycles. The van der Waals surface area contributed by atoms with E-state index in [4.69, 9.17) is 0 Å². The summed E-state index contributed by atoms with van der Waals surface area (Å²) < 4.78 is 0. The van der Waals surface area contributed by atoms with E-state index in [0.29, 0.717) is 12.2 Å². The van der Waals surface area contributed by atoms with Gasteiger partial charge in [-0.2, -0.15) is 5.21 Å². The van der Waals surface area contributed by atoms with Crippen molar-refractivity contribution in [2.24, 2.45) is 0 Å². The van der Waals surface area contributed by atoms with Gasteiger partial charge >= 0.3 is 0 Å². The van der Waals surface area contributed by atoms with E-state index in [1.807, 2.05) is 37.4 Å². The smallest absolute Gasteiger partial charge is 0.225 e. The number of carbonyl (C=O) groups is 1. The van der Waals surface area contributed by atoms with Crippen LogP contribution in [0.1, 0.15) is 24.4 Å². The molecule has 0 fully saturated rings. The molecule has 1 unspecified atom stereocenters. The van der Waals surface area contributed by atoms with E-state index < -0.39 is 0 Å². The molecule has 2 heterocycles. The summed E-state index contributed by atoms with van der Waals surface area (Å²) >= 11 is 0. The second-order valence-corrected chi connectivity index (χ2v) is 4.60. The molecule has 7 nitrogen and oxygen atoms in total. The van der Waals surface area contributed by atoms with E-state index in [-0.39, 0.29) is 11.9 Å². The van der Waals surface area contributed by atoms with E-state index in [9.17, 15) is 4.79 Å². The third-order valence-corrected chi connectivity index (χ3v) is 3.15. The van der Waals surface area contributed by atoms with Gasteiger partial charge in [0.2, 0.25) is 5.91 Å². The van der Waals surface area contributed by atoms with Crippen LogP contribution in [0.2, 0.25) is 0 Å². The van der Waals surface area contributed by atoms with Crippen molar-refractivity contribution in [3.05, 3.63) is 41.9 Å². The average molecular weight is 270 g/mol. The van der Waals surface area contributed by atoms with Crippen molar-refractivity contribution in [3.63, 3.8) is 0 Å². The summed E-state index contributed by atoms with van der Waals surface area (Å²) in [7, 11) is 0. The van der Waals surface area contributed by atoms with Crippen LogP contribution in [0, 0.1) is 0 Å². The quantitative estimate of drug-likeness (QED) is 0.661. The summed E-state index contributed by atoms with van der Waals surface area (Å²) in [4.78, 5) is 15.2. The second-order valence-electron chi connectivity index (χ2n) is 4.60. The number of aromatic amines is 2. The number of nitrogens with one attached hydrogen (secondary N) is 3. The molecule has 1 amide bonds. The van der Waals surface area contributed by atoms with Crippen LogP contribution < -0.4 is 5.32 Å². The molecule has 0 aliphatic rings. The van der Waals surface area contributed by atoms with Crippen molar-refractivity contribution in [3.8, 4) is 0 Å². The number of benzene rings is 1. The maximum absolute atomic E-state index is 12.0. The van der Waals surface area contributed by atoms with Crippen LogP contribution in [0.3, 0.4) is 0 Å². The van der Waals surface area contributed by atoms with Gasteiger partial charge in [0.25, 0.3) is 0 Å². The maximum Gasteiger partial charge on any atom is 0.225 e. The van der Waals surface area contributed by atoms with Gasteiger partial charge in [-0.25, -0.2) is 0 Å². The Balaban J connectivity index is 1.70. The number of nitrogens with zero attached hydrogens (tertiary/aromatic N) is 3. The minimum Gasteiger partial charge on any atom is -0.361 e. The predicted octanol–water partition coefficient (Wildman–Crippen LogP) is 1.10. The molecule has 3 aromatic rings. The first-order valence-corrected chi connectivity index (χ1v) is 6.32. The molecule has 20 heavy (non-hydrogen) atoms. The van der Waals surface area contributed by atoms with Gasteiger partial charge < -0.3 is 10.3 Å². The summed E-state index contributed by atoms with van der Waals surface area (Å²) in [6.45, 7) is 1.82. The highest BCUT2D eigenvalue weighted by Gasteiger charge is 2.14. The van der Waals surface area contributed by atoms with Crippen LogP contribution in [0.25, 0.3) is 10.9 Å². The number of para-hydroxylation sites is 1. The van der Waals surface area contributed by atoms with Crippen molar-refractivity contribution >= 4 is 16.8 Å². The average Bonchev–Trinajstić information content (AvgIpc) is 3.09. The summed E-state index contributed by atoms with van der Waals surface area (Å²) in [5.74, 6) is 0.393. The van der Waals surface area contributed by atoms with Crippen LogP contribution in [0.5, 0.6) is 0 Å². The van der Waals surface area contributed by atoms with Gasteiger partial charge in [0, 0.05) is 17.1 Å². The number of hydrogen-bond acceptors (Lipinski definition) is 4. The minimum absolute atomic E-state index is 0.0768. The molecular formula is C13H14N6O. The van der Waals surface area contributed by atoms with Gasteiger partial charge in [0.15, 0.2) is 5.82 Å². The normalized spacial score (nSPS) is 12.4. The Morgan fingerprint density at radius 3 is 3.05 bits per heavy atom. The lowest BCUT2D eigenvalue weighted by Gasteiger charge is -2.09. The van der Waals surface area contributed by atoms with E-state index in [1.54, 1.807) is 0 Å². The Hall–Kier alpha value is -2.70. The highest BCUT2D eigenvalue weighted by atomic mass is 16.1. The summed E-state index contributed by atoms with van der Waals surface area (Å²) in [6, 6.07) is 7.63. The van der Waals surface area contributed by atoms with Gasteiger partial charge in [-0.1, -0.05) is 23.4 Å². The van der Waals surface area contributed by atoms with Gasteiger partial charge in [0.1, 0.15) is 0 Å². The van der Waals surface area contributed by atoms with Crippen LogP contribution in [-0.4, -0.2) is 31.5 Å². The molecule has 0 aliphatic heterocycles. The van der Waals surface area contributed by atoms with Crippen molar-refractivity contribution in [2.45, 2.75) is 19.4 Å². The number of carbonyl (C=O) groups excluding carboxylic acids is 1. The molecule has 102 valence electrons. The fourth-order valence-corrected chi connectivity index (χ4v) is 2.16. The number of hydrogen-bond donors (Lipinski definition) is 3. The molecule has 0 spiro atoms. The Bertz CT molecular complexity index is 717. The van der Waals surface area contributed by atoms with Crippen molar-refractivity contribution in [1.29, 1.82) is 0 Å². The van der Waals surface area contributed by atoms with Gasteiger partial charge in [-0.3, -0.25) is 4.79 Å². The standard InChI is InChI=1S/C13H14N6O/c1-8(13-16-18-19-17-13)15-12(20)6-9-7-14-11-5-3-2-4-10(9)11/h2-5,7-8,14H,6H2,1H3,(H,15,20)(H,16,17,18,19). The first-order chi connectivity index (χ1) is 9.74. The Kier molecular flexibility index (Phi) is 3.16. The van der Waals surface area contributed by atoms with Gasteiger partial charge in [0.05, 0.1) is 12.5 Å². The fraction of sp³-hybridized carbons (Fsp3) is 0.231. The van der Waals surface area contributed by atoms with Crippen LogP contribution in [0.15, 0.2) is 30.5 Å². The molecule has 0 bridgehead atoms. The number of amides is 1. The molecular weight excluding hydrogens is 256 g/mol. The SMILES string of the molecule is CC(NC(=O)Cc1c[nH]c2ccccc12)c1nn[nH]n1. The maximum atomic E-state index is 12.0. The molecule has 3 rings (SSSR count). The number of aromatic nitrogens is 5. The lowest BCUT2D eigenvalue weighted by molar-refractivity contribution is -0.121. The second kappa shape index (κ2) is 5.12. The first-order valence-electron chi connectivity index (χ1n) is 6.32. The Morgan fingerprint density at radius 1 is 1.40 bits per heavy atom. The summed E-state index contributed by atoms with van der Waals surface area (Å²) in [5.41, 5.74) is 2.00. The van der Waals surface area contributed by atoms with Crippen molar-refractivity contribution in [2.75, 3.05) is 0 Å². The predicted molar refractivity (Wildman–Crippen MR) is 72.7 cm³/mol. The van der Waals surface area contributed by atoms with E-state index >= 15 is 0 Å². The fourth-order valence-electron chi connectivity index (χ4n) is 2.16. The molecule has 1 aromatic carbocycles. The highest BCUT2D eigenvalue weighted by molar-refractivity contribution is 5.88. The molecule has 3 N–H and O–H groups in total. The molecule has 0 saturated carbocycles. The van der Waals surface area contributed by atoms with Crippen LogP contribution in [0.4, 0.5) is 0 Å². The van der Waals surface area contributed by atoms with E-state index in [2.05, 4.69) is 30.9 Å². The van der Waals surface area contributed by atoms with E-state index in [0.717, 1.165) is 16.5 Å². The molecule has 0 saturated heterocycles. The molecule has 2 aromatic heterocycles. The molecule has 1 atom stereocenters. The zero-order chi connectivity index (χ0) is 13.9. The highest BCUT2D eigenvalue weighted by Crippen LogP contribution is 2.18. The lowest BCUT2D eigenvalue weighted by atomic mass is 10.1. The van der Waals surface area contributed by atoms with Crippen molar-refractivity contribution in [1.82, 2.24) is 30.9 Å². The Morgan fingerprint density at radius 2 is 2.25 bits per heavy atom. The van der Waals surface area contributed by atoms with Crippen LogP contribution >= 0.6 is 0 Å². The van der Waals surface area contributed by atoms with E-state index in [1.165, 1.54) is 0 Å². The van der Waals surface area contributed by atoms with Crippen LogP contribution in [-0.2, 0) is 11.2 Å². The number of rotatable bonds is 4. The number of H-pyrrole nitrogens is 2. The lowest BCUT2D eigenvalue weighted by Crippen LogP contribution is -2.28. The topological polar surface area (TPSA) is 99.4 Å². The van der Waals surface area contributed by atoms with Gasteiger partial charge in [-0.15, -0.1) is 10.2 Å². The number of tetrazole rings is 1. The zero-order valence-electron chi connectivity index (χ0n) is 10.9. The molecule has 0 radical (unpaired) electrons. The third-order valence-electron chi connectivity index (χ3n) is 3.15. The number of fused-ring (bicyclic) bond motifs is 1. The Labute approximate surface area is 114 Å². The minimum atomic E-state index is -0.272. The first kappa shape index (κ1) is 12.3. The van der Waals surface area contributed by atoms with Gasteiger partial charge in [-0.05, 0) is 18.6 Å². The monoisotopic (exact) mass is 270 g/mol. The zero-order valence-corrected chi connectivity index (χ0v) is 10.9. The summed E-state index contributed by atoms with van der Waals surface area (Å²) in [5, 5.41) is 17.4. The summed E-state index contributed by atoms with van der Waals surface area (Å²) in [6.07, 6.45) is 2.18. The molecule has 7 heteroatoms. The third kappa shape index (κ3) is 2.37.